The van der Waals surface area contributed by atoms with Crippen molar-refractivity contribution in [1.29, 1.82) is 0 Å². The fraction of sp³-hybridized carbons (Fsp3) is 0.368. The minimum Gasteiger partial charge on any atom is -0.384 e. The molecule has 2 aromatic heterocycles. The topological polar surface area (TPSA) is 65.5 Å². The van der Waals surface area contributed by atoms with Crippen molar-refractivity contribution in [2.75, 3.05) is 13.2 Å². The molecule has 0 aliphatic carbocycles. The van der Waals surface area contributed by atoms with Gasteiger partial charge in [0.15, 0.2) is 0 Å². The van der Waals surface area contributed by atoms with Gasteiger partial charge in [-0.2, -0.15) is 0 Å². The van der Waals surface area contributed by atoms with Gasteiger partial charge in [-0.15, -0.1) is 11.3 Å². The molecular weight excluding hydrogens is 334 g/mol. The van der Waals surface area contributed by atoms with Gasteiger partial charge in [0.2, 0.25) is 5.91 Å². The third kappa shape index (κ3) is 5.40. The number of rotatable bonds is 6. The van der Waals surface area contributed by atoms with Gasteiger partial charge in [-0.05, 0) is 30.2 Å². The van der Waals surface area contributed by atoms with Crippen LogP contribution in [0.1, 0.15) is 28.2 Å². The van der Waals surface area contributed by atoms with E-state index in [-0.39, 0.29) is 18.6 Å². The summed E-state index contributed by atoms with van der Waals surface area (Å²) in [4.78, 5) is 20.2. The molecule has 1 saturated heterocycles. The molecule has 0 aromatic carbocycles. The van der Waals surface area contributed by atoms with Crippen LogP contribution in [0.3, 0.4) is 0 Å². The van der Waals surface area contributed by atoms with E-state index in [0.29, 0.717) is 6.42 Å². The SMILES string of the molecule is O=C1CC[C@@H](CN(Cc2cccnc2)Cc2ccc(C#CCO)s2)N1. The molecule has 130 valence electrons. The molecule has 0 spiro atoms. The van der Waals surface area contributed by atoms with E-state index in [1.165, 1.54) is 4.88 Å². The number of carbonyl (C=O) groups excluding carboxylic acids is 1. The molecular formula is C19H21N3O2S. The van der Waals surface area contributed by atoms with Gasteiger partial charge in [0.25, 0.3) is 0 Å². The van der Waals surface area contributed by atoms with E-state index < -0.39 is 0 Å². The van der Waals surface area contributed by atoms with Crippen LogP contribution in [0.25, 0.3) is 0 Å². The van der Waals surface area contributed by atoms with Crippen LogP contribution in [-0.4, -0.2) is 40.1 Å². The summed E-state index contributed by atoms with van der Waals surface area (Å²) in [7, 11) is 0. The van der Waals surface area contributed by atoms with E-state index in [2.05, 4.69) is 39.2 Å². The van der Waals surface area contributed by atoms with Crippen LogP contribution in [-0.2, 0) is 17.9 Å². The molecule has 1 aliphatic heterocycles. The standard InChI is InChI=1S/C19H21N3O2S/c23-10-2-4-17-6-7-18(25-17)14-22(12-15-3-1-9-20-11-15)13-16-5-8-19(24)21-16/h1,3,6-7,9,11,16,23H,5,8,10,12-14H2,(H,21,24)/t16-/m0/s1. The summed E-state index contributed by atoms with van der Waals surface area (Å²) in [5, 5.41) is 11.9. The maximum absolute atomic E-state index is 11.5. The van der Waals surface area contributed by atoms with Crippen molar-refractivity contribution in [1.82, 2.24) is 15.2 Å². The van der Waals surface area contributed by atoms with Crippen LogP contribution in [0.2, 0.25) is 0 Å². The normalized spacial score (nSPS) is 16.6. The highest BCUT2D eigenvalue weighted by Crippen LogP contribution is 2.20. The number of nitrogens with one attached hydrogen (secondary N) is 1. The van der Waals surface area contributed by atoms with Crippen LogP contribution in [0.5, 0.6) is 0 Å². The Morgan fingerprint density at radius 1 is 1.36 bits per heavy atom. The third-order valence-corrected chi connectivity index (χ3v) is 5.01. The fourth-order valence-corrected chi connectivity index (χ4v) is 3.86. The second-order valence-corrected chi connectivity index (χ2v) is 7.23. The molecule has 2 N–H and O–H groups in total. The molecule has 0 unspecified atom stereocenters. The number of nitrogens with zero attached hydrogens (tertiary/aromatic N) is 2. The largest absolute Gasteiger partial charge is 0.384 e. The van der Waals surface area contributed by atoms with Gasteiger partial charge in [-0.25, -0.2) is 0 Å². The number of aliphatic hydroxyl groups excluding tert-OH is 1. The molecule has 1 fully saturated rings. The summed E-state index contributed by atoms with van der Waals surface area (Å²) >= 11 is 1.64. The van der Waals surface area contributed by atoms with Gasteiger partial charge in [0, 0.05) is 49.4 Å². The fourth-order valence-electron chi connectivity index (χ4n) is 2.94. The molecule has 2 aromatic rings. The maximum atomic E-state index is 11.5. The van der Waals surface area contributed by atoms with Gasteiger partial charge in [-0.3, -0.25) is 14.7 Å². The molecule has 25 heavy (non-hydrogen) atoms. The Morgan fingerprint density at radius 2 is 2.28 bits per heavy atom. The summed E-state index contributed by atoms with van der Waals surface area (Å²) in [6.07, 6.45) is 5.16. The molecule has 1 aliphatic rings. The van der Waals surface area contributed by atoms with Gasteiger partial charge in [0.05, 0.1) is 4.88 Å². The van der Waals surface area contributed by atoms with Crippen molar-refractivity contribution in [3.05, 3.63) is 52.0 Å². The van der Waals surface area contributed by atoms with E-state index in [9.17, 15) is 4.79 Å². The number of hydrogen-bond acceptors (Lipinski definition) is 5. The number of carbonyl (C=O) groups is 1. The van der Waals surface area contributed by atoms with E-state index >= 15 is 0 Å². The summed E-state index contributed by atoms with van der Waals surface area (Å²) in [5.74, 6) is 5.77. The molecule has 1 atom stereocenters. The van der Waals surface area contributed by atoms with E-state index in [0.717, 1.165) is 36.5 Å². The molecule has 3 rings (SSSR count). The Hall–Kier alpha value is -2.20. The first kappa shape index (κ1) is 17.6. The number of aromatic nitrogens is 1. The number of thiophene rings is 1. The van der Waals surface area contributed by atoms with Gasteiger partial charge in [-0.1, -0.05) is 17.9 Å². The van der Waals surface area contributed by atoms with Crippen molar-refractivity contribution in [2.24, 2.45) is 0 Å². The van der Waals surface area contributed by atoms with Crippen molar-refractivity contribution < 1.29 is 9.90 Å². The molecule has 6 heteroatoms. The minimum atomic E-state index is -0.123. The number of aliphatic hydroxyl groups is 1. The Balaban J connectivity index is 1.68. The van der Waals surface area contributed by atoms with Gasteiger partial charge in [0.1, 0.15) is 6.61 Å². The highest BCUT2D eigenvalue weighted by Gasteiger charge is 2.23. The second-order valence-electron chi connectivity index (χ2n) is 6.06. The van der Waals surface area contributed by atoms with Crippen molar-refractivity contribution in [3.8, 4) is 11.8 Å². The molecule has 1 amide bonds. The predicted octanol–water partition coefficient (Wildman–Crippen LogP) is 1.77. The zero-order valence-electron chi connectivity index (χ0n) is 13.9. The van der Waals surface area contributed by atoms with Crippen LogP contribution >= 0.6 is 11.3 Å². The van der Waals surface area contributed by atoms with Gasteiger partial charge < -0.3 is 10.4 Å². The molecule has 0 bridgehead atoms. The Bertz CT molecular complexity index is 764. The number of amides is 1. The summed E-state index contributed by atoms with van der Waals surface area (Å²) in [5.41, 5.74) is 1.16. The Kier molecular flexibility index (Phi) is 6.18. The first-order valence-electron chi connectivity index (χ1n) is 8.32. The lowest BCUT2D eigenvalue weighted by Gasteiger charge is -2.25. The van der Waals surface area contributed by atoms with Gasteiger partial charge >= 0.3 is 0 Å². The monoisotopic (exact) mass is 355 g/mol. The van der Waals surface area contributed by atoms with E-state index in [1.54, 1.807) is 17.5 Å². The smallest absolute Gasteiger partial charge is 0.220 e. The first-order valence-corrected chi connectivity index (χ1v) is 9.13. The quantitative estimate of drug-likeness (QED) is 0.775. The summed E-state index contributed by atoms with van der Waals surface area (Å²) < 4.78 is 0. The lowest BCUT2D eigenvalue weighted by atomic mass is 10.2. The summed E-state index contributed by atoms with van der Waals surface area (Å²) in [6, 6.07) is 8.29. The van der Waals surface area contributed by atoms with Crippen molar-refractivity contribution in [2.45, 2.75) is 32.0 Å². The van der Waals surface area contributed by atoms with Crippen molar-refractivity contribution >= 4 is 17.2 Å². The average molecular weight is 355 g/mol. The van der Waals surface area contributed by atoms with Crippen LogP contribution < -0.4 is 5.32 Å². The van der Waals surface area contributed by atoms with E-state index in [1.807, 2.05) is 18.3 Å². The Morgan fingerprint density at radius 3 is 3.00 bits per heavy atom. The zero-order valence-corrected chi connectivity index (χ0v) is 14.8. The highest BCUT2D eigenvalue weighted by atomic mass is 32.1. The molecule has 0 saturated carbocycles. The third-order valence-electron chi connectivity index (χ3n) is 4.02. The average Bonchev–Trinajstić information content (AvgIpc) is 3.23. The lowest BCUT2D eigenvalue weighted by molar-refractivity contribution is -0.119. The minimum absolute atomic E-state index is 0.123. The van der Waals surface area contributed by atoms with Crippen LogP contribution in [0.4, 0.5) is 0 Å². The highest BCUT2D eigenvalue weighted by molar-refractivity contribution is 7.12. The maximum Gasteiger partial charge on any atom is 0.220 e. The molecule has 3 heterocycles. The van der Waals surface area contributed by atoms with Crippen LogP contribution in [0.15, 0.2) is 36.7 Å². The zero-order chi connectivity index (χ0) is 17.5. The first-order chi connectivity index (χ1) is 12.2. The van der Waals surface area contributed by atoms with Crippen LogP contribution in [0, 0.1) is 11.8 Å². The number of hydrogen-bond donors (Lipinski definition) is 2. The predicted molar refractivity (Wildman–Crippen MR) is 97.8 cm³/mol. The van der Waals surface area contributed by atoms with Crippen molar-refractivity contribution in [3.63, 3.8) is 0 Å². The summed E-state index contributed by atoms with van der Waals surface area (Å²) in [6.45, 7) is 2.28. The lowest BCUT2D eigenvalue weighted by Crippen LogP contribution is -2.38. The molecule has 0 radical (unpaired) electrons. The molecule has 5 nitrogen and oxygen atoms in total. The van der Waals surface area contributed by atoms with E-state index in [4.69, 9.17) is 5.11 Å². The number of pyridine rings is 1. The Labute approximate surface area is 151 Å². The second kappa shape index (κ2) is 8.77.